The van der Waals surface area contributed by atoms with E-state index in [2.05, 4.69) is 27.6 Å². The van der Waals surface area contributed by atoms with Gasteiger partial charge in [0.15, 0.2) is 5.82 Å². The Labute approximate surface area is 129 Å². The van der Waals surface area contributed by atoms with Crippen LogP contribution in [0.15, 0.2) is 16.7 Å². The quantitative estimate of drug-likeness (QED) is 0.908. The first-order valence-corrected chi connectivity index (χ1v) is 7.87. The second kappa shape index (κ2) is 6.34. The van der Waals surface area contributed by atoms with Crippen molar-refractivity contribution in [3.63, 3.8) is 0 Å². The van der Waals surface area contributed by atoms with E-state index in [-0.39, 0.29) is 12.3 Å². The zero-order valence-electron chi connectivity index (χ0n) is 13.1. The van der Waals surface area contributed by atoms with Crippen molar-refractivity contribution in [2.24, 2.45) is 5.92 Å². The van der Waals surface area contributed by atoms with Gasteiger partial charge in [-0.3, -0.25) is 9.89 Å². The third-order valence-electron chi connectivity index (χ3n) is 4.33. The molecule has 0 atom stereocenters. The number of carbonyl (C=O) groups is 1. The summed E-state index contributed by atoms with van der Waals surface area (Å²) < 4.78 is 5.04. The van der Waals surface area contributed by atoms with E-state index >= 15 is 0 Å². The summed E-state index contributed by atoms with van der Waals surface area (Å²) in [7, 11) is 0. The summed E-state index contributed by atoms with van der Waals surface area (Å²) in [5.74, 6) is 2.35. The molecule has 0 unspecified atom stereocenters. The van der Waals surface area contributed by atoms with Crippen molar-refractivity contribution in [1.82, 2.24) is 15.4 Å². The lowest BCUT2D eigenvalue weighted by atomic mass is 9.81. The van der Waals surface area contributed by atoms with Crippen LogP contribution >= 0.6 is 0 Å². The Morgan fingerprint density at radius 2 is 2.14 bits per heavy atom. The number of nitrogens with one attached hydrogen (secondary N) is 2. The highest BCUT2D eigenvalue weighted by molar-refractivity contribution is 5.91. The molecule has 0 saturated heterocycles. The molecular weight excluding hydrogens is 280 g/mol. The molecule has 0 aliphatic heterocycles. The highest BCUT2D eigenvalue weighted by Gasteiger charge is 2.21. The van der Waals surface area contributed by atoms with Crippen molar-refractivity contribution in [1.29, 1.82) is 0 Å². The molecule has 0 aromatic carbocycles. The van der Waals surface area contributed by atoms with Gasteiger partial charge >= 0.3 is 0 Å². The van der Waals surface area contributed by atoms with Crippen molar-refractivity contribution in [3.8, 4) is 0 Å². The molecular formula is C16H22N4O2. The van der Waals surface area contributed by atoms with Gasteiger partial charge in [0.25, 0.3) is 0 Å². The number of hydrogen-bond donors (Lipinski definition) is 2. The van der Waals surface area contributed by atoms with Gasteiger partial charge in [-0.05, 0) is 25.7 Å². The molecule has 1 fully saturated rings. The lowest BCUT2D eigenvalue weighted by molar-refractivity contribution is -0.115. The van der Waals surface area contributed by atoms with Crippen molar-refractivity contribution in [3.05, 3.63) is 29.3 Å². The molecule has 0 spiro atoms. The molecule has 2 aromatic heterocycles. The lowest BCUT2D eigenvalue weighted by Crippen LogP contribution is -2.14. The van der Waals surface area contributed by atoms with Gasteiger partial charge in [0.1, 0.15) is 5.76 Å². The van der Waals surface area contributed by atoms with E-state index in [0.29, 0.717) is 17.5 Å². The molecule has 2 N–H and O–H groups in total. The van der Waals surface area contributed by atoms with Gasteiger partial charge in [-0.25, -0.2) is 0 Å². The van der Waals surface area contributed by atoms with E-state index in [0.717, 1.165) is 17.3 Å². The summed E-state index contributed by atoms with van der Waals surface area (Å²) in [5.41, 5.74) is 1.90. The number of aromatic amines is 1. The summed E-state index contributed by atoms with van der Waals surface area (Å²) >= 11 is 0. The summed E-state index contributed by atoms with van der Waals surface area (Å²) in [6.07, 6.45) is 5.07. The molecule has 6 nitrogen and oxygen atoms in total. The van der Waals surface area contributed by atoms with Crippen LogP contribution in [0.5, 0.6) is 0 Å². The zero-order chi connectivity index (χ0) is 15.5. The minimum Gasteiger partial charge on any atom is -0.361 e. The molecule has 1 amide bonds. The van der Waals surface area contributed by atoms with Crippen molar-refractivity contribution < 1.29 is 9.32 Å². The van der Waals surface area contributed by atoms with Crippen LogP contribution in [-0.2, 0) is 11.2 Å². The molecule has 0 bridgehead atoms. The highest BCUT2D eigenvalue weighted by Crippen LogP contribution is 2.35. The van der Waals surface area contributed by atoms with E-state index in [1.54, 1.807) is 6.07 Å². The van der Waals surface area contributed by atoms with E-state index in [1.165, 1.54) is 25.7 Å². The monoisotopic (exact) mass is 302 g/mol. The molecule has 0 radical (unpaired) electrons. The molecule has 1 aliphatic rings. The molecule has 2 aromatic rings. The number of aromatic nitrogens is 3. The fourth-order valence-electron chi connectivity index (χ4n) is 3.03. The molecule has 6 heteroatoms. The van der Waals surface area contributed by atoms with Gasteiger partial charge in [0.2, 0.25) is 5.91 Å². The summed E-state index contributed by atoms with van der Waals surface area (Å²) in [5, 5.41) is 13.8. The number of nitrogens with zero attached hydrogens (tertiary/aromatic N) is 2. The smallest absolute Gasteiger partial charge is 0.233 e. The number of carbonyl (C=O) groups excluding carboxylic acids is 1. The van der Waals surface area contributed by atoms with Crippen molar-refractivity contribution in [2.75, 3.05) is 5.32 Å². The van der Waals surface area contributed by atoms with Crippen LogP contribution in [-0.4, -0.2) is 21.3 Å². The molecule has 1 saturated carbocycles. The summed E-state index contributed by atoms with van der Waals surface area (Å²) in [6, 6.07) is 3.71. The van der Waals surface area contributed by atoms with Crippen LogP contribution in [0.3, 0.4) is 0 Å². The van der Waals surface area contributed by atoms with Crippen LogP contribution in [0, 0.1) is 12.8 Å². The van der Waals surface area contributed by atoms with Crippen LogP contribution in [0.4, 0.5) is 5.82 Å². The Bertz CT molecular complexity index is 638. The fourth-order valence-corrected chi connectivity index (χ4v) is 3.03. The molecule has 2 heterocycles. The van der Waals surface area contributed by atoms with Gasteiger partial charge in [0.05, 0.1) is 12.1 Å². The lowest BCUT2D eigenvalue weighted by Gasteiger charge is -2.24. The molecule has 1 aliphatic carbocycles. The van der Waals surface area contributed by atoms with Crippen LogP contribution in [0.1, 0.15) is 55.7 Å². The summed E-state index contributed by atoms with van der Waals surface area (Å²) in [6.45, 7) is 4.13. The third kappa shape index (κ3) is 3.55. The number of anilines is 1. The van der Waals surface area contributed by atoms with E-state index in [9.17, 15) is 4.79 Å². The van der Waals surface area contributed by atoms with Crippen LogP contribution in [0.25, 0.3) is 0 Å². The highest BCUT2D eigenvalue weighted by atomic mass is 16.5. The maximum Gasteiger partial charge on any atom is 0.233 e. The minimum atomic E-state index is -0.147. The SMILES string of the molecule is Cc1cc(CC(=O)Nc2cc(C3CCC(C)CC3)[nH]n2)on1. The standard InChI is InChI=1S/C16H22N4O2/c1-10-3-5-12(6-4-10)14-9-15(19-18-14)17-16(21)8-13-7-11(2)20-22-13/h7,9-10,12H,3-6,8H2,1-2H3,(H2,17,18,19,21). The van der Waals surface area contributed by atoms with Gasteiger partial charge in [0, 0.05) is 23.7 Å². The predicted octanol–water partition coefficient (Wildman–Crippen LogP) is 3.18. The fraction of sp³-hybridized carbons (Fsp3) is 0.562. The number of H-pyrrole nitrogens is 1. The Morgan fingerprint density at radius 3 is 2.82 bits per heavy atom. The normalized spacial score (nSPS) is 21.7. The minimum absolute atomic E-state index is 0.147. The summed E-state index contributed by atoms with van der Waals surface area (Å²) in [4.78, 5) is 12.0. The van der Waals surface area contributed by atoms with E-state index < -0.39 is 0 Å². The topological polar surface area (TPSA) is 83.8 Å². The van der Waals surface area contributed by atoms with Crippen molar-refractivity contribution in [2.45, 2.75) is 51.9 Å². The zero-order valence-corrected chi connectivity index (χ0v) is 13.1. The predicted molar refractivity (Wildman–Crippen MR) is 82.5 cm³/mol. The van der Waals surface area contributed by atoms with E-state index in [4.69, 9.17) is 4.52 Å². The first-order chi connectivity index (χ1) is 10.6. The maximum absolute atomic E-state index is 12.0. The molecule has 3 rings (SSSR count). The second-order valence-electron chi connectivity index (χ2n) is 6.32. The van der Waals surface area contributed by atoms with Crippen LogP contribution in [0.2, 0.25) is 0 Å². The van der Waals surface area contributed by atoms with Crippen LogP contribution < -0.4 is 5.32 Å². The molecule has 22 heavy (non-hydrogen) atoms. The van der Waals surface area contributed by atoms with Gasteiger partial charge in [-0.2, -0.15) is 5.10 Å². The number of rotatable bonds is 4. The maximum atomic E-state index is 12.0. The molecule has 118 valence electrons. The largest absolute Gasteiger partial charge is 0.361 e. The Kier molecular flexibility index (Phi) is 4.27. The second-order valence-corrected chi connectivity index (χ2v) is 6.32. The Balaban J connectivity index is 1.56. The number of aryl methyl sites for hydroxylation is 1. The van der Waals surface area contributed by atoms with Gasteiger partial charge < -0.3 is 9.84 Å². The van der Waals surface area contributed by atoms with Gasteiger partial charge in [-0.15, -0.1) is 0 Å². The number of amides is 1. The Hall–Kier alpha value is -2.11. The first kappa shape index (κ1) is 14.8. The first-order valence-electron chi connectivity index (χ1n) is 7.87. The Morgan fingerprint density at radius 1 is 1.36 bits per heavy atom. The van der Waals surface area contributed by atoms with E-state index in [1.807, 2.05) is 13.0 Å². The van der Waals surface area contributed by atoms with Gasteiger partial charge in [-0.1, -0.05) is 24.9 Å². The van der Waals surface area contributed by atoms with Crippen molar-refractivity contribution >= 4 is 11.7 Å². The average Bonchev–Trinajstić information content (AvgIpc) is 3.09. The average molecular weight is 302 g/mol. The third-order valence-corrected chi connectivity index (χ3v) is 4.33. The number of hydrogen-bond acceptors (Lipinski definition) is 4.